The molecule has 0 bridgehead atoms. The van der Waals surface area contributed by atoms with Gasteiger partial charge in [0.15, 0.2) is 0 Å². The quantitative estimate of drug-likeness (QED) is 0.0923. The van der Waals surface area contributed by atoms with Crippen molar-refractivity contribution in [3.63, 3.8) is 0 Å². The van der Waals surface area contributed by atoms with Gasteiger partial charge in [-0.3, -0.25) is 0 Å². The molecule has 0 spiro atoms. The summed E-state index contributed by atoms with van der Waals surface area (Å²) in [5.41, 5.74) is 16.8. The zero-order chi connectivity index (χ0) is 43.3. The summed E-state index contributed by atoms with van der Waals surface area (Å²) in [6.45, 7) is 19.9. The van der Waals surface area contributed by atoms with Crippen LogP contribution in [0.5, 0.6) is 0 Å². The Morgan fingerprint density at radius 1 is 0.500 bits per heavy atom. The predicted octanol–water partition coefficient (Wildman–Crippen LogP) is 9.28. The van der Waals surface area contributed by atoms with E-state index in [0.29, 0.717) is 35.3 Å². The molecule has 3 aromatic carbocycles. The van der Waals surface area contributed by atoms with Gasteiger partial charge in [0.05, 0.1) is 0 Å². The number of furan rings is 3. The van der Waals surface area contributed by atoms with E-state index in [0.717, 1.165) is 118 Å². The Kier molecular flexibility index (Phi) is 11.3. The molecule has 0 saturated carbocycles. The molecule has 0 atom stereocenters. The standard InChI is InChI=1S/C16H14O4.C16H16O3.C15H16BN2O3/c1-8-6-14(18)20-15-9(2)16-13(7-12(8)15)11(4-5-17)10(3)19-16;1-5-11-10(4)18-16-9(3)15-12(7-13(11)16)8(2)6-14(17)19-15;1-7-4-13(19)21-14-8(2)15-11(5-10(7)14)12(6-18-16-17)9(3)20-15/h5-7H,4H2,1-3H3;6-7H,5H2,1-4H3;4-5,18H,6,17H2,1-3H3. The molecule has 3 N–H and O–H groups in total. The van der Waals surface area contributed by atoms with Gasteiger partial charge in [0.25, 0.3) is 0 Å². The van der Waals surface area contributed by atoms with E-state index in [9.17, 15) is 19.2 Å². The van der Waals surface area contributed by atoms with Crippen molar-refractivity contribution in [2.75, 3.05) is 0 Å². The number of nitrogens with one attached hydrogen (secondary N) is 1. The summed E-state index contributed by atoms with van der Waals surface area (Å²) in [5.74, 6) is 2.50. The number of hydrogen-bond acceptors (Lipinski definition) is 12. The van der Waals surface area contributed by atoms with Gasteiger partial charge in [-0.15, -0.1) is 0 Å². The van der Waals surface area contributed by atoms with Gasteiger partial charge in [0, 0.05) is 96.9 Å². The van der Waals surface area contributed by atoms with Gasteiger partial charge in [-0.1, -0.05) is 6.92 Å². The second kappa shape index (κ2) is 16.3. The number of rotatable bonds is 6. The van der Waals surface area contributed by atoms with Crippen LogP contribution >= 0.6 is 0 Å². The number of fused-ring (bicyclic) bond motifs is 6. The smallest absolute Gasteiger partial charge is 0.336 e. The number of hydrogen-bond donors (Lipinski definition) is 2. The molecule has 12 nitrogen and oxygen atoms in total. The molecule has 1 radical (unpaired) electrons. The molecule has 13 heteroatoms. The van der Waals surface area contributed by atoms with E-state index in [-0.39, 0.29) is 16.9 Å². The minimum absolute atomic E-state index is 0.313. The summed E-state index contributed by atoms with van der Waals surface area (Å²) in [5, 5.41) is 8.84. The molecule has 9 rings (SSSR count). The Balaban J connectivity index is 0.000000136. The Morgan fingerprint density at radius 2 is 0.833 bits per heavy atom. The van der Waals surface area contributed by atoms with Crippen molar-refractivity contribution < 1.29 is 31.3 Å². The van der Waals surface area contributed by atoms with Crippen LogP contribution in [0.3, 0.4) is 0 Å². The second-order valence-electron chi connectivity index (χ2n) is 15.2. The maximum absolute atomic E-state index is 11.6. The van der Waals surface area contributed by atoms with Crippen LogP contribution < -0.4 is 27.7 Å². The molecule has 6 heterocycles. The highest BCUT2D eigenvalue weighted by Gasteiger charge is 2.20. The van der Waals surface area contributed by atoms with Crippen molar-refractivity contribution >= 4 is 79.7 Å². The van der Waals surface area contributed by atoms with Gasteiger partial charge in [0.1, 0.15) is 57.1 Å². The molecule has 9 aromatic rings. The van der Waals surface area contributed by atoms with Crippen LogP contribution in [0.2, 0.25) is 0 Å². The third-order valence-corrected chi connectivity index (χ3v) is 11.3. The molecule has 0 saturated heterocycles. The first-order valence-electron chi connectivity index (χ1n) is 19.7. The first kappa shape index (κ1) is 41.7. The molecular weight excluding hydrogens is 763 g/mol. The monoisotopic (exact) mass is 809 g/mol. The molecule has 0 amide bonds. The van der Waals surface area contributed by atoms with Crippen molar-refractivity contribution in [3.05, 3.63) is 135 Å². The number of carbonyl (C=O) groups excluding carboxylic acids is 1. The van der Waals surface area contributed by atoms with Crippen molar-refractivity contribution in [3.8, 4) is 0 Å². The van der Waals surface area contributed by atoms with E-state index < -0.39 is 0 Å². The average molecular weight is 810 g/mol. The first-order chi connectivity index (χ1) is 28.6. The summed E-state index contributed by atoms with van der Waals surface area (Å²) < 4.78 is 33.5. The van der Waals surface area contributed by atoms with Gasteiger partial charge >= 0.3 is 24.4 Å². The maximum atomic E-state index is 11.6. The van der Waals surface area contributed by atoms with Gasteiger partial charge in [-0.05, 0) is 104 Å². The Bertz CT molecular complexity index is 3360. The molecule has 0 aliphatic heterocycles. The fraction of sp³-hybridized carbons (Fsp3) is 0.277. The lowest BCUT2D eigenvalue weighted by atomic mass is 10.0. The average Bonchev–Trinajstić information content (AvgIpc) is 3.82. The number of aldehydes is 1. The molecule has 0 aliphatic rings. The van der Waals surface area contributed by atoms with Crippen LogP contribution in [0, 0.1) is 62.3 Å². The van der Waals surface area contributed by atoms with E-state index >= 15 is 0 Å². The van der Waals surface area contributed by atoms with Gasteiger partial charge in [-0.2, -0.15) is 0 Å². The van der Waals surface area contributed by atoms with Crippen LogP contribution in [0.25, 0.3) is 65.8 Å². The SMILES string of the molecule is CCc1c(C)oc2c(C)c3oc(=O)cc(C)c3cc12.Cc1oc2c(C)c3oc(=O)cc(C)c3cc2c1CC=O.Cc1oc2c(C)c3oc(=O)cc(C)c3cc2c1CN[B]N. The van der Waals surface area contributed by atoms with Crippen molar-refractivity contribution in [1.82, 2.24) is 5.23 Å². The zero-order valence-electron chi connectivity index (χ0n) is 35.4. The van der Waals surface area contributed by atoms with E-state index in [1.807, 2.05) is 74.4 Å². The van der Waals surface area contributed by atoms with Crippen LogP contribution in [0.15, 0.2) is 77.3 Å². The lowest BCUT2D eigenvalue weighted by molar-refractivity contribution is -0.107. The summed E-state index contributed by atoms with van der Waals surface area (Å²) in [4.78, 5) is 45.5. The molecule has 0 aliphatic carbocycles. The highest BCUT2D eigenvalue weighted by atomic mass is 16.4. The lowest BCUT2D eigenvalue weighted by Crippen LogP contribution is -2.26. The molecule has 0 fully saturated rings. The molecular formula is C47H46BN2O10. The fourth-order valence-electron chi connectivity index (χ4n) is 8.21. The third-order valence-electron chi connectivity index (χ3n) is 11.3. The summed E-state index contributed by atoms with van der Waals surface area (Å²) in [7, 11) is 1.41. The Hall–Kier alpha value is -6.44. The van der Waals surface area contributed by atoms with E-state index in [1.54, 1.807) is 0 Å². The van der Waals surface area contributed by atoms with Crippen molar-refractivity contribution in [2.45, 2.75) is 88.6 Å². The third kappa shape index (κ3) is 7.28. The van der Waals surface area contributed by atoms with Gasteiger partial charge in [-0.25, -0.2) is 14.4 Å². The van der Waals surface area contributed by atoms with Crippen LogP contribution in [0.1, 0.15) is 74.3 Å². The summed E-state index contributed by atoms with van der Waals surface area (Å²) in [6, 6.07) is 10.5. The number of carbonyl (C=O) groups is 1. The highest BCUT2D eigenvalue weighted by molar-refractivity contribution is 6.27. The maximum Gasteiger partial charge on any atom is 0.336 e. The largest absolute Gasteiger partial charge is 0.461 e. The van der Waals surface area contributed by atoms with E-state index in [2.05, 4.69) is 18.2 Å². The van der Waals surface area contributed by atoms with E-state index in [4.69, 9.17) is 32.1 Å². The van der Waals surface area contributed by atoms with E-state index in [1.165, 1.54) is 31.3 Å². The number of nitrogens with two attached hydrogens (primary N) is 1. The van der Waals surface area contributed by atoms with Crippen LogP contribution in [-0.4, -0.2) is 13.8 Å². The molecule has 60 heavy (non-hydrogen) atoms. The Morgan fingerprint density at radius 3 is 1.20 bits per heavy atom. The van der Waals surface area contributed by atoms with Crippen molar-refractivity contribution in [2.24, 2.45) is 5.64 Å². The molecule has 6 aromatic heterocycles. The highest BCUT2D eigenvalue weighted by Crippen LogP contribution is 2.37. The second-order valence-corrected chi connectivity index (χ2v) is 15.2. The predicted molar refractivity (Wildman–Crippen MR) is 235 cm³/mol. The van der Waals surface area contributed by atoms with Crippen molar-refractivity contribution in [1.29, 1.82) is 0 Å². The minimum atomic E-state index is -0.367. The molecule has 0 unspecified atom stereocenters. The topological polar surface area (TPSA) is 185 Å². The minimum Gasteiger partial charge on any atom is -0.461 e. The number of benzene rings is 3. The normalized spacial score (nSPS) is 11.4. The van der Waals surface area contributed by atoms with Crippen LogP contribution in [0.4, 0.5) is 0 Å². The van der Waals surface area contributed by atoms with Gasteiger partial charge in [0.2, 0.25) is 0 Å². The Labute approximate surface area is 344 Å². The molecule has 307 valence electrons. The van der Waals surface area contributed by atoms with Gasteiger partial charge < -0.3 is 42.2 Å². The lowest BCUT2D eigenvalue weighted by Gasteiger charge is -2.05. The zero-order valence-corrected chi connectivity index (χ0v) is 35.4. The first-order valence-corrected chi connectivity index (χ1v) is 19.7. The summed E-state index contributed by atoms with van der Waals surface area (Å²) in [6.07, 6.45) is 2.12. The summed E-state index contributed by atoms with van der Waals surface area (Å²) >= 11 is 0. The fourth-order valence-corrected chi connectivity index (χ4v) is 8.21. The number of aryl methyl sites for hydroxylation is 10. The van der Waals surface area contributed by atoms with Crippen LogP contribution in [-0.2, 0) is 24.2 Å².